The van der Waals surface area contributed by atoms with Crippen LogP contribution in [0.2, 0.25) is 0 Å². The van der Waals surface area contributed by atoms with Gasteiger partial charge in [-0.15, -0.1) is 0 Å². The molecule has 2 N–H and O–H groups in total. The molecule has 216 valence electrons. The summed E-state index contributed by atoms with van der Waals surface area (Å²) in [5.74, 6) is 2.64. The second-order valence-electron chi connectivity index (χ2n) is 10.7. The number of benzene rings is 2. The van der Waals surface area contributed by atoms with Crippen LogP contribution in [0.3, 0.4) is 0 Å². The van der Waals surface area contributed by atoms with E-state index in [2.05, 4.69) is 49.8 Å². The average Bonchev–Trinajstić information content (AvgIpc) is 3.02. The number of carbonyl (C=O) groups is 2. The number of aldehydes is 1. The van der Waals surface area contributed by atoms with Crippen molar-refractivity contribution in [3.8, 4) is 5.75 Å². The molecule has 10 nitrogen and oxygen atoms in total. The topological polar surface area (TPSA) is 103 Å². The minimum Gasteiger partial charge on any atom is -0.497 e. The van der Waals surface area contributed by atoms with Crippen LogP contribution in [0.1, 0.15) is 47.5 Å². The molecule has 1 aromatic heterocycles. The maximum atomic E-state index is 12.8. The van der Waals surface area contributed by atoms with E-state index in [1.165, 1.54) is 5.56 Å². The van der Waals surface area contributed by atoms with Crippen molar-refractivity contribution >= 4 is 29.5 Å². The van der Waals surface area contributed by atoms with Crippen molar-refractivity contribution in [2.45, 2.75) is 37.6 Å². The lowest BCUT2D eigenvalue weighted by Crippen LogP contribution is -2.48. The number of methoxy groups -OCH3 is 1. The molecule has 3 aromatic rings. The second-order valence-corrected chi connectivity index (χ2v) is 10.7. The number of piperidine rings is 2. The fraction of sp³-hybridized carbons (Fsp3) is 0.419. The van der Waals surface area contributed by atoms with E-state index in [-0.39, 0.29) is 11.9 Å². The number of anilines is 3. The number of carbonyl (C=O) groups excluding carboxylic acids is 2. The van der Waals surface area contributed by atoms with Crippen LogP contribution in [0.4, 0.5) is 17.3 Å². The van der Waals surface area contributed by atoms with Crippen molar-refractivity contribution < 1.29 is 14.3 Å². The molecule has 0 spiro atoms. The molecular weight excluding hydrogens is 518 g/mol. The van der Waals surface area contributed by atoms with Crippen molar-refractivity contribution in [3.63, 3.8) is 0 Å². The summed E-state index contributed by atoms with van der Waals surface area (Å²) in [7, 11) is 3.58. The maximum absolute atomic E-state index is 12.8. The Morgan fingerprint density at radius 3 is 2.51 bits per heavy atom. The lowest BCUT2D eigenvalue weighted by atomic mass is 9.90. The van der Waals surface area contributed by atoms with Gasteiger partial charge in [-0.2, -0.15) is 0 Å². The van der Waals surface area contributed by atoms with Crippen molar-refractivity contribution in [3.05, 3.63) is 72.1 Å². The van der Waals surface area contributed by atoms with Crippen LogP contribution in [0, 0.1) is 0 Å². The smallest absolute Gasteiger partial charge is 0.251 e. The van der Waals surface area contributed by atoms with Gasteiger partial charge in [0.15, 0.2) is 5.82 Å². The molecule has 1 amide bonds. The Kier molecular flexibility index (Phi) is 9.43. The molecule has 2 fully saturated rings. The summed E-state index contributed by atoms with van der Waals surface area (Å²) in [4.78, 5) is 35.0. The van der Waals surface area contributed by atoms with Crippen molar-refractivity contribution in [1.82, 2.24) is 25.3 Å². The summed E-state index contributed by atoms with van der Waals surface area (Å²) in [6.45, 7) is 3.90. The number of nitrogens with zero attached hydrogens (tertiary/aromatic N) is 5. The molecular formula is C31H39N7O3. The van der Waals surface area contributed by atoms with Crippen LogP contribution in [0.15, 0.2) is 60.9 Å². The normalized spacial score (nSPS) is 18.2. The van der Waals surface area contributed by atoms with E-state index < -0.39 is 0 Å². The zero-order valence-electron chi connectivity index (χ0n) is 23.8. The van der Waals surface area contributed by atoms with Crippen LogP contribution in [0.25, 0.3) is 0 Å². The predicted octanol–water partition coefficient (Wildman–Crippen LogP) is 3.85. The summed E-state index contributed by atoms with van der Waals surface area (Å²) in [6.07, 6.45) is 8.48. The first-order valence-electron chi connectivity index (χ1n) is 14.3. The van der Waals surface area contributed by atoms with Gasteiger partial charge < -0.3 is 25.1 Å². The van der Waals surface area contributed by atoms with Gasteiger partial charge in [-0.3, -0.25) is 9.78 Å². The zero-order valence-corrected chi connectivity index (χ0v) is 23.8. The fourth-order valence-corrected chi connectivity index (χ4v) is 5.63. The number of nitrogens with one attached hydrogen (secondary N) is 2. The van der Waals surface area contributed by atoms with Gasteiger partial charge in [-0.25, -0.2) is 15.0 Å². The number of rotatable bonds is 10. The highest BCUT2D eigenvalue weighted by Crippen LogP contribution is 2.30. The number of aromatic nitrogens is 2. The van der Waals surface area contributed by atoms with Gasteiger partial charge >= 0.3 is 0 Å². The summed E-state index contributed by atoms with van der Waals surface area (Å²) in [5, 5.41) is 10.8. The standard InChI is InChI=1S/C31H39N7O3/c1-36(18-19-39)38-16-13-24(14-17-38)23-5-9-26(10-6-23)33-29-20-32-21-30(35-29)37-15-3-4-27(22-37)34-31(40)25-7-11-28(41-2)12-8-25/h5-12,19-21,24,27H,3-4,13-18,22H2,1-2H3,(H,33,35)(H,34,40)/t27-/m1/s1. The summed E-state index contributed by atoms with van der Waals surface area (Å²) in [6, 6.07) is 15.8. The minimum atomic E-state index is -0.0831. The van der Waals surface area contributed by atoms with Gasteiger partial charge in [0, 0.05) is 50.5 Å². The first-order valence-corrected chi connectivity index (χ1v) is 14.3. The number of hydrazine groups is 1. The predicted molar refractivity (Wildman–Crippen MR) is 160 cm³/mol. The highest BCUT2D eigenvalue weighted by molar-refractivity contribution is 5.94. The highest BCUT2D eigenvalue weighted by Gasteiger charge is 2.24. The maximum Gasteiger partial charge on any atom is 0.251 e. The Morgan fingerprint density at radius 1 is 1.05 bits per heavy atom. The summed E-state index contributed by atoms with van der Waals surface area (Å²) < 4.78 is 5.19. The largest absolute Gasteiger partial charge is 0.497 e. The zero-order chi connectivity index (χ0) is 28.6. The molecule has 0 unspecified atom stereocenters. The van der Waals surface area contributed by atoms with Crippen molar-refractivity contribution in [2.75, 3.05) is 57.1 Å². The van der Waals surface area contributed by atoms with E-state index in [9.17, 15) is 9.59 Å². The molecule has 2 saturated heterocycles. The highest BCUT2D eigenvalue weighted by atomic mass is 16.5. The molecule has 5 rings (SSSR count). The Bertz CT molecular complexity index is 1290. The van der Waals surface area contributed by atoms with E-state index in [1.807, 2.05) is 12.1 Å². The van der Waals surface area contributed by atoms with Crippen LogP contribution in [-0.4, -0.2) is 85.1 Å². The van der Waals surface area contributed by atoms with E-state index in [0.717, 1.165) is 68.9 Å². The quantitative estimate of drug-likeness (QED) is 0.360. The van der Waals surface area contributed by atoms with E-state index >= 15 is 0 Å². The lowest BCUT2D eigenvalue weighted by molar-refractivity contribution is -0.113. The van der Waals surface area contributed by atoms with Crippen LogP contribution in [0.5, 0.6) is 5.75 Å². The van der Waals surface area contributed by atoms with Gasteiger partial charge in [-0.05, 0) is 73.6 Å². The molecule has 0 saturated carbocycles. The summed E-state index contributed by atoms with van der Waals surface area (Å²) >= 11 is 0. The van der Waals surface area contributed by atoms with E-state index in [1.54, 1.807) is 43.8 Å². The van der Waals surface area contributed by atoms with Crippen LogP contribution < -0.4 is 20.3 Å². The SMILES string of the molecule is COc1ccc(C(=O)N[C@@H]2CCCN(c3cncc(Nc4ccc(C5CCN(N(C)CC=O)CC5)cc4)n3)C2)cc1. The van der Waals surface area contributed by atoms with E-state index in [4.69, 9.17) is 9.72 Å². The summed E-state index contributed by atoms with van der Waals surface area (Å²) in [5.41, 5.74) is 2.92. The third-order valence-electron chi connectivity index (χ3n) is 8.00. The molecule has 2 aromatic carbocycles. The Morgan fingerprint density at radius 2 is 1.80 bits per heavy atom. The first-order chi connectivity index (χ1) is 20.0. The van der Waals surface area contributed by atoms with Gasteiger partial charge in [0.25, 0.3) is 5.91 Å². The average molecular weight is 558 g/mol. The minimum absolute atomic E-state index is 0.0293. The Balaban J connectivity index is 1.15. The number of ether oxygens (including phenoxy) is 1. The molecule has 41 heavy (non-hydrogen) atoms. The molecule has 1 atom stereocenters. The third kappa shape index (κ3) is 7.39. The number of likely N-dealkylation sites (N-methyl/N-ethyl adjacent to an activating group) is 1. The monoisotopic (exact) mass is 557 g/mol. The molecule has 3 heterocycles. The lowest BCUT2D eigenvalue weighted by Gasteiger charge is -2.37. The number of hydrogen-bond donors (Lipinski definition) is 2. The third-order valence-corrected chi connectivity index (χ3v) is 8.00. The van der Waals surface area contributed by atoms with Gasteiger partial charge in [0.1, 0.15) is 17.9 Å². The van der Waals surface area contributed by atoms with Crippen molar-refractivity contribution in [1.29, 1.82) is 0 Å². The van der Waals surface area contributed by atoms with E-state index in [0.29, 0.717) is 30.4 Å². The fourth-order valence-electron chi connectivity index (χ4n) is 5.63. The molecule has 0 aliphatic carbocycles. The molecule has 2 aliphatic rings. The number of amides is 1. The van der Waals surface area contributed by atoms with Gasteiger partial charge in [0.05, 0.1) is 26.0 Å². The van der Waals surface area contributed by atoms with Crippen LogP contribution in [-0.2, 0) is 4.79 Å². The van der Waals surface area contributed by atoms with Gasteiger partial charge in [0.2, 0.25) is 0 Å². The number of hydrogen-bond acceptors (Lipinski definition) is 9. The van der Waals surface area contributed by atoms with Crippen molar-refractivity contribution in [2.24, 2.45) is 0 Å². The van der Waals surface area contributed by atoms with Gasteiger partial charge in [-0.1, -0.05) is 12.1 Å². The molecule has 2 aliphatic heterocycles. The first kappa shape index (κ1) is 28.5. The molecule has 10 heteroatoms. The Labute approximate surface area is 241 Å². The Hall–Kier alpha value is -4.02. The van der Waals surface area contributed by atoms with Crippen LogP contribution >= 0.6 is 0 Å². The second kappa shape index (κ2) is 13.6. The molecule has 0 bridgehead atoms. The molecule has 0 radical (unpaired) electrons.